The van der Waals surface area contributed by atoms with Gasteiger partial charge < -0.3 is 15.1 Å². The van der Waals surface area contributed by atoms with Crippen molar-refractivity contribution in [3.8, 4) is 0 Å². The van der Waals surface area contributed by atoms with Crippen LogP contribution in [-0.2, 0) is 4.84 Å². The Balaban J connectivity index is 2.35. The summed E-state index contributed by atoms with van der Waals surface area (Å²) in [6.07, 6.45) is -0.595. The fourth-order valence-corrected chi connectivity index (χ4v) is 1.06. The van der Waals surface area contributed by atoms with E-state index in [9.17, 15) is 0 Å². The van der Waals surface area contributed by atoms with Gasteiger partial charge in [-0.3, -0.25) is 0 Å². The van der Waals surface area contributed by atoms with Gasteiger partial charge in [-0.25, -0.2) is 5.90 Å². The van der Waals surface area contributed by atoms with Crippen LogP contribution in [0.1, 0.15) is 12.8 Å². The van der Waals surface area contributed by atoms with Crippen molar-refractivity contribution in [2.24, 2.45) is 5.90 Å². The van der Waals surface area contributed by atoms with E-state index in [-0.39, 0.29) is 6.10 Å². The molecule has 9 heavy (non-hydrogen) atoms. The van der Waals surface area contributed by atoms with Gasteiger partial charge >= 0.3 is 0 Å². The fourth-order valence-electron chi connectivity index (χ4n) is 1.06. The molecule has 4 nitrogen and oxygen atoms in total. The molecule has 0 bridgehead atoms. The third-order valence-electron chi connectivity index (χ3n) is 1.65. The Kier molecular flexibility index (Phi) is 2.02. The third-order valence-corrected chi connectivity index (χ3v) is 1.65. The first-order valence-electron chi connectivity index (χ1n) is 2.95. The molecule has 0 saturated heterocycles. The molecule has 3 atom stereocenters. The SMILES string of the molecule is NOC1C[C@@H](O)[C@@H](O)C1. The minimum atomic E-state index is -0.654. The van der Waals surface area contributed by atoms with Crippen molar-refractivity contribution in [1.82, 2.24) is 0 Å². The molecule has 54 valence electrons. The van der Waals surface area contributed by atoms with Crippen molar-refractivity contribution in [1.29, 1.82) is 0 Å². The lowest BCUT2D eigenvalue weighted by atomic mass is 10.3. The highest BCUT2D eigenvalue weighted by molar-refractivity contribution is 4.82. The molecule has 0 spiro atoms. The van der Waals surface area contributed by atoms with E-state index in [0.29, 0.717) is 12.8 Å². The number of hydrogen-bond donors (Lipinski definition) is 3. The molecule has 1 fully saturated rings. The first-order chi connectivity index (χ1) is 4.24. The van der Waals surface area contributed by atoms with Crippen LogP contribution >= 0.6 is 0 Å². The molecule has 0 aliphatic heterocycles. The summed E-state index contributed by atoms with van der Waals surface area (Å²) < 4.78 is 0. The first kappa shape index (κ1) is 6.95. The van der Waals surface area contributed by atoms with Crippen LogP contribution in [0, 0.1) is 0 Å². The minimum Gasteiger partial charge on any atom is -0.390 e. The van der Waals surface area contributed by atoms with E-state index in [1.54, 1.807) is 0 Å². The molecule has 1 unspecified atom stereocenters. The lowest BCUT2D eigenvalue weighted by molar-refractivity contribution is 0.0438. The normalized spacial score (nSPS) is 43.7. The van der Waals surface area contributed by atoms with Crippen molar-refractivity contribution in [2.45, 2.75) is 31.2 Å². The van der Waals surface area contributed by atoms with Gasteiger partial charge in [-0.05, 0) is 0 Å². The largest absolute Gasteiger partial charge is 0.390 e. The van der Waals surface area contributed by atoms with E-state index in [0.717, 1.165) is 0 Å². The van der Waals surface area contributed by atoms with Gasteiger partial charge in [0, 0.05) is 12.8 Å². The van der Waals surface area contributed by atoms with Crippen molar-refractivity contribution in [3.05, 3.63) is 0 Å². The molecule has 1 rings (SSSR count). The van der Waals surface area contributed by atoms with Crippen LogP contribution in [0.5, 0.6) is 0 Å². The average Bonchev–Trinajstić information content (AvgIpc) is 2.13. The van der Waals surface area contributed by atoms with Crippen LogP contribution in [0.15, 0.2) is 0 Å². The Morgan fingerprint density at radius 2 is 1.67 bits per heavy atom. The van der Waals surface area contributed by atoms with Crippen molar-refractivity contribution >= 4 is 0 Å². The van der Waals surface area contributed by atoms with Gasteiger partial charge in [0.25, 0.3) is 0 Å². The second-order valence-electron chi connectivity index (χ2n) is 2.36. The van der Waals surface area contributed by atoms with Gasteiger partial charge in [0.05, 0.1) is 18.3 Å². The summed E-state index contributed by atoms with van der Waals surface area (Å²) in [4.78, 5) is 4.43. The molecule has 0 aromatic rings. The second kappa shape index (κ2) is 2.62. The quantitative estimate of drug-likeness (QED) is 0.391. The zero-order valence-corrected chi connectivity index (χ0v) is 5.03. The zero-order valence-electron chi connectivity index (χ0n) is 5.03. The topological polar surface area (TPSA) is 75.7 Å². The van der Waals surface area contributed by atoms with Crippen LogP contribution < -0.4 is 5.90 Å². The molecule has 4 N–H and O–H groups in total. The Morgan fingerprint density at radius 1 is 1.22 bits per heavy atom. The minimum absolute atomic E-state index is 0.171. The van der Waals surface area contributed by atoms with Gasteiger partial charge in [0.2, 0.25) is 0 Å². The summed E-state index contributed by atoms with van der Waals surface area (Å²) in [5.41, 5.74) is 0. The summed E-state index contributed by atoms with van der Waals surface area (Å²) in [5, 5.41) is 17.8. The van der Waals surface area contributed by atoms with Crippen LogP contribution in [0.25, 0.3) is 0 Å². The highest BCUT2D eigenvalue weighted by Gasteiger charge is 2.31. The van der Waals surface area contributed by atoms with E-state index in [4.69, 9.17) is 16.1 Å². The first-order valence-corrected chi connectivity index (χ1v) is 2.95. The van der Waals surface area contributed by atoms with E-state index >= 15 is 0 Å². The fraction of sp³-hybridized carbons (Fsp3) is 1.00. The molecule has 0 aromatic carbocycles. The van der Waals surface area contributed by atoms with Crippen LogP contribution in [0.3, 0.4) is 0 Å². The van der Waals surface area contributed by atoms with E-state index in [1.807, 2.05) is 0 Å². The second-order valence-corrected chi connectivity index (χ2v) is 2.36. The molecule has 1 aliphatic carbocycles. The van der Waals surface area contributed by atoms with Crippen LogP contribution in [-0.4, -0.2) is 28.5 Å². The monoisotopic (exact) mass is 133 g/mol. The maximum Gasteiger partial charge on any atom is 0.0838 e. The van der Waals surface area contributed by atoms with Crippen LogP contribution in [0.4, 0.5) is 0 Å². The van der Waals surface area contributed by atoms with Crippen LogP contribution in [0.2, 0.25) is 0 Å². The van der Waals surface area contributed by atoms with Gasteiger partial charge in [0.15, 0.2) is 0 Å². The molecular formula is C5H11NO3. The Labute approximate surface area is 53.2 Å². The van der Waals surface area contributed by atoms with Crippen molar-refractivity contribution in [2.75, 3.05) is 0 Å². The number of aliphatic hydroxyl groups is 2. The smallest absolute Gasteiger partial charge is 0.0838 e. The summed E-state index contributed by atoms with van der Waals surface area (Å²) in [6.45, 7) is 0. The summed E-state index contributed by atoms with van der Waals surface area (Å²) in [6, 6.07) is 0. The van der Waals surface area contributed by atoms with Crippen molar-refractivity contribution in [3.63, 3.8) is 0 Å². The molecule has 0 amide bonds. The van der Waals surface area contributed by atoms with Gasteiger partial charge in [-0.2, -0.15) is 0 Å². The molecular weight excluding hydrogens is 122 g/mol. The van der Waals surface area contributed by atoms with Gasteiger partial charge in [-0.15, -0.1) is 0 Å². The van der Waals surface area contributed by atoms with E-state index in [2.05, 4.69) is 4.84 Å². The van der Waals surface area contributed by atoms with E-state index in [1.165, 1.54) is 0 Å². The van der Waals surface area contributed by atoms with E-state index < -0.39 is 12.2 Å². The maximum atomic E-state index is 8.91. The highest BCUT2D eigenvalue weighted by atomic mass is 16.6. The summed E-state index contributed by atoms with van der Waals surface area (Å²) in [7, 11) is 0. The number of rotatable bonds is 1. The molecule has 0 aromatic heterocycles. The Morgan fingerprint density at radius 3 is 1.89 bits per heavy atom. The maximum absolute atomic E-state index is 8.91. The number of hydrogen-bond acceptors (Lipinski definition) is 4. The van der Waals surface area contributed by atoms with Gasteiger partial charge in [-0.1, -0.05) is 0 Å². The Bertz CT molecular complexity index is 88.2. The standard InChI is InChI=1S/C5H11NO3/c6-9-3-1-4(7)5(8)2-3/h3-5,7-8H,1-2,6H2/t3?,4-,5+. The predicted molar refractivity (Wildman–Crippen MR) is 30.3 cm³/mol. The molecule has 0 radical (unpaired) electrons. The molecule has 1 aliphatic rings. The average molecular weight is 133 g/mol. The Hall–Kier alpha value is -0.160. The summed E-state index contributed by atoms with van der Waals surface area (Å²) in [5.74, 6) is 4.84. The van der Waals surface area contributed by atoms with Gasteiger partial charge in [0.1, 0.15) is 0 Å². The highest BCUT2D eigenvalue weighted by Crippen LogP contribution is 2.20. The van der Waals surface area contributed by atoms with Crippen molar-refractivity contribution < 1.29 is 15.1 Å². The molecule has 0 heterocycles. The molecule has 1 saturated carbocycles. The number of aliphatic hydroxyl groups excluding tert-OH is 2. The number of nitrogens with two attached hydrogens (primary N) is 1. The lowest BCUT2D eigenvalue weighted by Gasteiger charge is -2.02. The lowest BCUT2D eigenvalue weighted by Crippen LogP contribution is -2.17. The zero-order chi connectivity index (χ0) is 6.85. The predicted octanol–water partition coefficient (Wildman–Crippen LogP) is -1.24. The third kappa shape index (κ3) is 1.40. The summed E-state index contributed by atoms with van der Waals surface area (Å²) >= 11 is 0. The molecule has 4 heteroatoms.